The van der Waals surface area contributed by atoms with Crippen molar-refractivity contribution >= 4 is 5.96 Å². The summed E-state index contributed by atoms with van der Waals surface area (Å²) in [5.41, 5.74) is 1.18. The van der Waals surface area contributed by atoms with Gasteiger partial charge in [-0.25, -0.2) is 4.39 Å². The maximum atomic E-state index is 13.5. The first-order valence-electron chi connectivity index (χ1n) is 9.65. The molecule has 0 spiro atoms. The van der Waals surface area contributed by atoms with Gasteiger partial charge in [0.15, 0.2) is 5.96 Å². The quantitative estimate of drug-likeness (QED) is 0.432. The fourth-order valence-corrected chi connectivity index (χ4v) is 3.68. The van der Waals surface area contributed by atoms with E-state index in [1.54, 1.807) is 19.2 Å². The highest BCUT2D eigenvalue weighted by molar-refractivity contribution is 5.79. The molecule has 2 fully saturated rings. The first-order valence-corrected chi connectivity index (χ1v) is 9.65. The third-order valence-electron chi connectivity index (χ3n) is 5.50. The van der Waals surface area contributed by atoms with E-state index < -0.39 is 0 Å². The first-order chi connectivity index (χ1) is 12.2. The van der Waals surface area contributed by atoms with E-state index in [9.17, 15) is 4.39 Å². The Bertz CT molecular complexity index is 577. The van der Waals surface area contributed by atoms with E-state index in [0.29, 0.717) is 0 Å². The number of rotatable bonds is 8. The minimum atomic E-state index is -0.149. The lowest BCUT2D eigenvalue weighted by Crippen LogP contribution is -2.41. The number of unbranched alkanes of at least 4 members (excludes halogenated alkanes) is 1. The van der Waals surface area contributed by atoms with Gasteiger partial charge in [-0.05, 0) is 75.9 Å². The van der Waals surface area contributed by atoms with Gasteiger partial charge in [0.05, 0.1) is 0 Å². The molecular formula is C20H31FN4. The zero-order valence-electron chi connectivity index (χ0n) is 15.4. The fourth-order valence-electron chi connectivity index (χ4n) is 3.68. The Morgan fingerprint density at radius 2 is 2.00 bits per heavy atom. The normalized spacial score (nSPS) is 19.8. The summed E-state index contributed by atoms with van der Waals surface area (Å²) >= 11 is 0. The van der Waals surface area contributed by atoms with Crippen LogP contribution in [0.1, 0.15) is 44.1 Å². The molecule has 4 nitrogen and oxygen atoms in total. The summed E-state index contributed by atoms with van der Waals surface area (Å²) < 4.78 is 13.5. The lowest BCUT2D eigenvalue weighted by atomic mass is 9.96. The molecule has 0 amide bonds. The molecule has 0 radical (unpaired) electrons. The van der Waals surface area contributed by atoms with Crippen LogP contribution in [0.25, 0.3) is 0 Å². The van der Waals surface area contributed by atoms with Crippen LogP contribution in [0.3, 0.4) is 0 Å². The molecular weight excluding hydrogens is 315 g/mol. The Morgan fingerprint density at radius 1 is 1.20 bits per heavy atom. The Kier molecular flexibility index (Phi) is 6.29. The summed E-state index contributed by atoms with van der Waals surface area (Å²) in [4.78, 5) is 6.87. The zero-order chi connectivity index (χ0) is 17.5. The molecule has 1 aromatic rings. The molecule has 1 aliphatic heterocycles. The largest absolute Gasteiger partial charge is 0.356 e. The molecule has 1 aromatic carbocycles. The second kappa shape index (κ2) is 8.65. The van der Waals surface area contributed by atoms with Crippen molar-refractivity contribution in [2.45, 2.75) is 43.9 Å². The van der Waals surface area contributed by atoms with Crippen LogP contribution in [0.5, 0.6) is 0 Å². The molecule has 0 bridgehead atoms. The Hall–Kier alpha value is -1.62. The predicted molar refractivity (Wildman–Crippen MR) is 102 cm³/mol. The summed E-state index contributed by atoms with van der Waals surface area (Å²) in [7, 11) is 1.81. The fraction of sp³-hybridized carbons (Fsp3) is 0.650. The number of aliphatic imine (C=N–C) groups is 1. The van der Waals surface area contributed by atoms with E-state index in [-0.39, 0.29) is 11.2 Å². The summed E-state index contributed by atoms with van der Waals surface area (Å²) in [6, 6.07) is 7.02. The number of hydrogen-bond acceptors (Lipinski definition) is 2. The van der Waals surface area contributed by atoms with Gasteiger partial charge in [0.2, 0.25) is 0 Å². The maximum Gasteiger partial charge on any atom is 0.191 e. The number of likely N-dealkylation sites (tertiary alicyclic amines) is 1. The van der Waals surface area contributed by atoms with Crippen LogP contribution >= 0.6 is 0 Å². The predicted octanol–water partition coefficient (Wildman–Crippen LogP) is 2.90. The van der Waals surface area contributed by atoms with Gasteiger partial charge < -0.3 is 15.5 Å². The highest BCUT2D eigenvalue weighted by Crippen LogP contribution is 2.47. The minimum absolute atomic E-state index is 0.0788. The van der Waals surface area contributed by atoms with Crippen molar-refractivity contribution in [3.05, 3.63) is 35.6 Å². The topological polar surface area (TPSA) is 39.7 Å². The van der Waals surface area contributed by atoms with Crippen molar-refractivity contribution in [3.8, 4) is 0 Å². The highest BCUT2D eigenvalue weighted by Gasteiger charge is 2.44. The number of benzene rings is 1. The standard InChI is InChI=1S/C20H31FN4/c1-22-19(23-11-2-3-12-25-13-4-5-14-25)24-16-20(9-10-20)17-7-6-8-18(21)15-17/h6-8,15H,2-5,9-14,16H2,1H3,(H2,22,23,24). The van der Waals surface area contributed by atoms with Crippen molar-refractivity contribution < 1.29 is 4.39 Å². The van der Waals surface area contributed by atoms with Crippen LogP contribution in [-0.2, 0) is 5.41 Å². The maximum absolute atomic E-state index is 13.5. The van der Waals surface area contributed by atoms with E-state index in [0.717, 1.165) is 43.9 Å². The molecule has 1 saturated heterocycles. The van der Waals surface area contributed by atoms with E-state index in [1.807, 2.05) is 6.07 Å². The monoisotopic (exact) mass is 346 g/mol. The van der Waals surface area contributed by atoms with Crippen LogP contribution in [0.2, 0.25) is 0 Å². The molecule has 0 unspecified atom stereocenters. The van der Waals surface area contributed by atoms with E-state index >= 15 is 0 Å². The summed E-state index contributed by atoms with van der Waals surface area (Å²) in [5, 5.41) is 6.83. The molecule has 0 aromatic heterocycles. The van der Waals surface area contributed by atoms with Gasteiger partial charge in [0.25, 0.3) is 0 Å². The molecule has 2 N–H and O–H groups in total. The third-order valence-corrected chi connectivity index (χ3v) is 5.50. The van der Waals surface area contributed by atoms with Gasteiger partial charge in [0, 0.05) is 25.6 Å². The molecule has 0 atom stereocenters. The molecule has 1 saturated carbocycles. The van der Waals surface area contributed by atoms with Gasteiger partial charge in [-0.15, -0.1) is 0 Å². The lowest BCUT2D eigenvalue weighted by Gasteiger charge is -2.19. The third kappa shape index (κ3) is 5.18. The summed E-state index contributed by atoms with van der Waals surface area (Å²) in [6.07, 6.45) is 7.33. The van der Waals surface area contributed by atoms with E-state index in [2.05, 4.69) is 20.5 Å². The first kappa shape index (κ1) is 18.2. The second-order valence-corrected chi connectivity index (χ2v) is 7.40. The molecule has 5 heteroatoms. The average molecular weight is 346 g/mol. The van der Waals surface area contributed by atoms with E-state index in [4.69, 9.17) is 0 Å². The minimum Gasteiger partial charge on any atom is -0.356 e. The zero-order valence-corrected chi connectivity index (χ0v) is 15.4. The van der Waals surface area contributed by atoms with Crippen molar-refractivity contribution in [3.63, 3.8) is 0 Å². The highest BCUT2D eigenvalue weighted by atomic mass is 19.1. The van der Waals surface area contributed by atoms with Crippen LogP contribution in [0.15, 0.2) is 29.3 Å². The van der Waals surface area contributed by atoms with Gasteiger partial charge in [-0.1, -0.05) is 12.1 Å². The molecule has 3 rings (SSSR count). The van der Waals surface area contributed by atoms with E-state index in [1.165, 1.54) is 45.0 Å². The summed E-state index contributed by atoms with van der Waals surface area (Å²) in [6.45, 7) is 5.53. The smallest absolute Gasteiger partial charge is 0.191 e. The van der Waals surface area contributed by atoms with Crippen molar-refractivity contribution in [1.82, 2.24) is 15.5 Å². The van der Waals surface area contributed by atoms with Gasteiger partial charge in [0.1, 0.15) is 5.82 Å². The average Bonchev–Trinajstić information content (AvgIpc) is 3.24. The van der Waals surface area contributed by atoms with Crippen LogP contribution in [0.4, 0.5) is 4.39 Å². The lowest BCUT2D eigenvalue weighted by molar-refractivity contribution is 0.330. The number of nitrogens with one attached hydrogen (secondary N) is 2. The number of nitrogens with zero attached hydrogens (tertiary/aromatic N) is 2. The Labute approximate surface area is 150 Å². The Balaban J connectivity index is 1.36. The summed E-state index contributed by atoms with van der Waals surface area (Å²) in [5.74, 6) is 0.702. The van der Waals surface area contributed by atoms with Crippen molar-refractivity contribution in [1.29, 1.82) is 0 Å². The van der Waals surface area contributed by atoms with Gasteiger partial charge in [-0.2, -0.15) is 0 Å². The Morgan fingerprint density at radius 3 is 2.68 bits per heavy atom. The number of guanidine groups is 1. The second-order valence-electron chi connectivity index (χ2n) is 7.40. The van der Waals surface area contributed by atoms with Crippen molar-refractivity contribution in [2.24, 2.45) is 4.99 Å². The molecule has 138 valence electrons. The SMILES string of the molecule is CN=C(NCCCCN1CCCC1)NCC1(c2cccc(F)c2)CC1. The number of halogens is 1. The molecule has 25 heavy (non-hydrogen) atoms. The molecule has 1 aliphatic carbocycles. The van der Waals surface area contributed by atoms with Gasteiger partial charge >= 0.3 is 0 Å². The molecule has 1 heterocycles. The van der Waals surface area contributed by atoms with Crippen LogP contribution < -0.4 is 10.6 Å². The van der Waals surface area contributed by atoms with Crippen molar-refractivity contribution in [2.75, 3.05) is 39.8 Å². The van der Waals surface area contributed by atoms with Gasteiger partial charge in [-0.3, -0.25) is 4.99 Å². The molecule has 2 aliphatic rings. The van der Waals surface area contributed by atoms with Crippen LogP contribution in [0, 0.1) is 5.82 Å². The van der Waals surface area contributed by atoms with Crippen LogP contribution in [-0.4, -0.2) is 50.6 Å². The number of hydrogen-bond donors (Lipinski definition) is 2.